The molecule has 0 bridgehead atoms. The second-order valence-electron chi connectivity index (χ2n) is 6.22. The average molecular weight is 320 g/mol. The van der Waals surface area contributed by atoms with Gasteiger partial charge < -0.3 is 10.6 Å². The summed E-state index contributed by atoms with van der Waals surface area (Å²) < 4.78 is 0. The van der Waals surface area contributed by atoms with Gasteiger partial charge >= 0.3 is 0 Å². The van der Waals surface area contributed by atoms with Gasteiger partial charge in [-0.15, -0.1) is 0 Å². The third kappa shape index (κ3) is 5.19. The van der Waals surface area contributed by atoms with Crippen LogP contribution in [0.1, 0.15) is 56.9 Å². The number of rotatable bonds is 1. The molecule has 2 N–H and O–H groups in total. The molecule has 4 heteroatoms. The Hall–Kier alpha value is -1.24. The quantitative estimate of drug-likeness (QED) is 0.830. The van der Waals surface area contributed by atoms with Crippen LogP contribution in [0.25, 0.3) is 0 Å². The van der Waals surface area contributed by atoms with E-state index in [2.05, 4.69) is 11.0 Å². The van der Waals surface area contributed by atoms with Crippen molar-refractivity contribution in [3.05, 3.63) is 28.8 Å². The van der Waals surface area contributed by atoms with Crippen molar-refractivity contribution in [1.29, 1.82) is 5.26 Å². The molecule has 22 heavy (non-hydrogen) atoms. The molecule has 3 rings (SSSR count). The van der Waals surface area contributed by atoms with Crippen molar-refractivity contribution in [2.24, 2.45) is 5.73 Å². The molecule has 3 nitrogen and oxygen atoms in total. The Balaban J connectivity index is 0.000000211. The molecule has 0 unspecified atom stereocenters. The van der Waals surface area contributed by atoms with E-state index in [-0.39, 0.29) is 0 Å². The summed E-state index contributed by atoms with van der Waals surface area (Å²) in [6, 6.07) is 8.28. The summed E-state index contributed by atoms with van der Waals surface area (Å²) in [5.41, 5.74) is 7.33. The van der Waals surface area contributed by atoms with Crippen molar-refractivity contribution >= 4 is 17.3 Å². The summed E-state index contributed by atoms with van der Waals surface area (Å²) in [6.45, 7) is 2.20. The Bertz CT molecular complexity index is 498. The van der Waals surface area contributed by atoms with Gasteiger partial charge in [-0.05, 0) is 50.3 Å². The van der Waals surface area contributed by atoms with Gasteiger partial charge in [0, 0.05) is 24.8 Å². The van der Waals surface area contributed by atoms with Crippen LogP contribution in [0.3, 0.4) is 0 Å². The minimum absolute atomic E-state index is 0.536. The fourth-order valence-electron chi connectivity index (χ4n) is 3.08. The third-order valence-corrected chi connectivity index (χ3v) is 4.76. The molecule has 2 aliphatic rings. The van der Waals surface area contributed by atoms with Gasteiger partial charge in [-0.25, -0.2) is 0 Å². The lowest BCUT2D eigenvalue weighted by Gasteiger charge is -2.28. The molecule has 1 aromatic rings. The van der Waals surface area contributed by atoms with Crippen LogP contribution in [0.5, 0.6) is 0 Å². The maximum atomic E-state index is 8.77. The van der Waals surface area contributed by atoms with Gasteiger partial charge in [-0.3, -0.25) is 0 Å². The molecule has 1 saturated heterocycles. The highest BCUT2D eigenvalue weighted by molar-refractivity contribution is 6.32. The van der Waals surface area contributed by atoms with Crippen molar-refractivity contribution in [2.75, 3.05) is 18.0 Å². The second-order valence-corrected chi connectivity index (χ2v) is 6.63. The lowest BCUT2D eigenvalue weighted by Crippen LogP contribution is -2.29. The maximum absolute atomic E-state index is 8.77. The van der Waals surface area contributed by atoms with E-state index in [1.807, 2.05) is 12.1 Å². The number of anilines is 1. The number of hydrogen-bond donors (Lipinski definition) is 1. The Kier molecular flexibility index (Phi) is 7.02. The highest BCUT2D eigenvalue weighted by Crippen LogP contribution is 2.25. The smallest absolute Gasteiger partial charge is 0.101 e. The van der Waals surface area contributed by atoms with Gasteiger partial charge in [-0.2, -0.15) is 5.26 Å². The van der Waals surface area contributed by atoms with Crippen LogP contribution >= 0.6 is 11.6 Å². The van der Waals surface area contributed by atoms with E-state index < -0.39 is 0 Å². The number of hydrogen-bond acceptors (Lipinski definition) is 3. The number of benzene rings is 1. The van der Waals surface area contributed by atoms with Gasteiger partial charge in [-0.1, -0.05) is 30.9 Å². The first-order chi connectivity index (χ1) is 10.7. The van der Waals surface area contributed by atoms with E-state index in [0.29, 0.717) is 16.6 Å². The zero-order chi connectivity index (χ0) is 15.8. The second kappa shape index (κ2) is 9.02. The molecule has 2 fully saturated rings. The normalized spacial score (nSPS) is 19.0. The van der Waals surface area contributed by atoms with E-state index in [4.69, 9.17) is 22.6 Å². The first-order valence-electron chi connectivity index (χ1n) is 8.41. The lowest BCUT2D eigenvalue weighted by molar-refractivity contribution is 0.441. The first-order valence-corrected chi connectivity index (χ1v) is 8.78. The molecule has 1 heterocycles. The lowest BCUT2D eigenvalue weighted by atomic mass is 9.97. The van der Waals surface area contributed by atoms with Gasteiger partial charge in [0.1, 0.15) is 6.07 Å². The van der Waals surface area contributed by atoms with Crippen LogP contribution in [0.2, 0.25) is 5.02 Å². The molecule has 120 valence electrons. The largest absolute Gasteiger partial charge is 0.371 e. The molecule has 0 radical (unpaired) electrons. The van der Waals surface area contributed by atoms with Gasteiger partial charge in [0.25, 0.3) is 0 Å². The fraction of sp³-hybridized carbons (Fsp3) is 0.611. The topological polar surface area (TPSA) is 53.0 Å². The summed E-state index contributed by atoms with van der Waals surface area (Å²) in [5.74, 6) is 0. The van der Waals surface area contributed by atoms with E-state index in [1.165, 1.54) is 51.4 Å². The number of nitriles is 1. The molecular formula is C18H26ClN3. The summed E-state index contributed by atoms with van der Waals surface area (Å²) in [7, 11) is 0. The van der Waals surface area contributed by atoms with Gasteiger partial charge in [0.15, 0.2) is 0 Å². The molecule has 0 amide bonds. The molecule has 0 spiro atoms. The maximum Gasteiger partial charge on any atom is 0.101 e. The molecular weight excluding hydrogens is 294 g/mol. The number of nitrogens with two attached hydrogens (primary N) is 1. The highest BCUT2D eigenvalue weighted by atomic mass is 35.5. The predicted octanol–water partition coefficient (Wildman–Crippen LogP) is 4.48. The van der Waals surface area contributed by atoms with E-state index >= 15 is 0 Å². The monoisotopic (exact) mass is 319 g/mol. The Morgan fingerprint density at radius 3 is 2.18 bits per heavy atom. The summed E-state index contributed by atoms with van der Waals surface area (Å²) in [4.78, 5) is 2.33. The van der Waals surface area contributed by atoms with Gasteiger partial charge in [0.2, 0.25) is 0 Å². The third-order valence-electron chi connectivity index (χ3n) is 4.44. The molecule has 1 saturated carbocycles. The molecule has 1 aromatic carbocycles. The average Bonchev–Trinajstić information content (AvgIpc) is 2.57. The van der Waals surface area contributed by atoms with Crippen LogP contribution in [0.4, 0.5) is 5.69 Å². The van der Waals surface area contributed by atoms with Crippen LogP contribution in [0.15, 0.2) is 18.2 Å². The van der Waals surface area contributed by atoms with E-state index in [9.17, 15) is 0 Å². The zero-order valence-electron chi connectivity index (χ0n) is 13.2. The number of piperidine rings is 1. The minimum Gasteiger partial charge on any atom is -0.371 e. The molecule has 0 aromatic heterocycles. The Labute approximate surface area is 139 Å². The number of nitrogens with zero attached hydrogens (tertiary/aromatic N) is 2. The summed E-state index contributed by atoms with van der Waals surface area (Å²) in [6.07, 6.45) is 10.5. The van der Waals surface area contributed by atoms with Crippen LogP contribution < -0.4 is 10.6 Å². The molecule has 1 aliphatic heterocycles. The summed E-state index contributed by atoms with van der Waals surface area (Å²) >= 11 is 6.00. The first kappa shape index (κ1) is 17.1. The van der Waals surface area contributed by atoms with E-state index in [1.54, 1.807) is 6.07 Å². The fourth-order valence-corrected chi connectivity index (χ4v) is 3.29. The van der Waals surface area contributed by atoms with Crippen LogP contribution in [0, 0.1) is 11.3 Å². The van der Waals surface area contributed by atoms with Crippen molar-refractivity contribution in [3.63, 3.8) is 0 Å². The van der Waals surface area contributed by atoms with Crippen molar-refractivity contribution in [1.82, 2.24) is 0 Å². The Morgan fingerprint density at radius 1 is 1.05 bits per heavy atom. The molecule has 1 aliphatic carbocycles. The molecule has 0 atom stereocenters. The SMILES string of the molecule is N#Cc1ccc(N2CCCCC2)cc1Cl.NC1CCCCC1. The highest BCUT2D eigenvalue weighted by Gasteiger charge is 2.12. The van der Waals surface area contributed by atoms with Crippen molar-refractivity contribution < 1.29 is 0 Å². The Morgan fingerprint density at radius 2 is 1.68 bits per heavy atom. The van der Waals surface area contributed by atoms with Gasteiger partial charge in [0.05, 0.1) is 10.6 Å². The van der Waals surface area contributed by atoms with Crippen LogP contribution in [-0.2, 0) is 0 Å². The minimum atomic E-state index is 0.536. The van der Waals surface area contributed by atoms with Crippen molar-refractivity contribution in [2.45, 2.75) is 57.4 Å². The van der Waals surface area contributed by atoms with Crippen molar-refractivity contribution in [3.8, 4) is 6.07 Å². The summed E-state index contributed by atoms with van der Waals surface area (Å²) in [5, 5.41) is 9.33. The predicted molar refractivity (Wildman–Crippen MR) is 93.3 cm³/mol. The van der Waals surface area contributed by atoms with E-state index in [0.717, 1.165) is 18.8 Å². The standard InChI is InChI=1S/C12H13ClN2.C6H13N/c13-12-8-11(5-4-10(12)9-14)15-6-2-1-3-7-15;7-6-4-2-1-3-5-6/h4-5,8H,1-3,6-7H2;6H,1-5,7H2. The zero-order valence-corrected chi connectivity index (χ0v) is 14.0. The van der Waals surface area contributed by atoms with Crippen LogP contribution in [-0.4, -0.2) is 19.1 Å². The number of halogens is 1.